The van der Waals surface area contributed by atoms with Gasteiger partial charge in [-0.15, -0.1) is 10.2 Å². The molecule has 7 nitrogen and oxygen atoms in total. The molecule has 0 fully saturated rings. The summed E-state index contributed by atoms with van der Waals surface area (Å²) in [5.41, 5.74) is 6.61. The first-order valence-corrected chi connectivity index (χ1v) is 16.7. The van der Waals surface area contributed by atoms with Gasteiger partial charge in [0.25, 0.3) is 0 Å². The molecule has 0 unspecified atom stereocenters. The van der Waals surface area contributed by atoms with Gasteiger partial charge in [-0.2, -0.15) is 5.21 Å². The maximum atomic E-state index is 6.13. The molecule has 0 aliphatic carbocycles. The summed E-state index contributed by atoms with van der Waals surface area (Å²) < 4.78 is 8.12. The van der Waals surface area contributed by atoms with Gasteiger partial charge in [0.2, 0.25) is 5.82 Å². The van der Waals surface area contributed by atoms with Crippen molar-refractivity contribution in [1.29, 1.82) is 0 Å². The van der Waals surface area contributed by atoms with Crippen molar-refractivity contribution in [3.8, 4) is 22.5 Å². The van der Waals surface area contributed by atoms with E-state index in [4.69, 9.17) is 16.3 Å². The minimum Gasteiger partial charge on any atom is -0.364 e. The van der Waals surface area contributed by atoms with Crippen molar-refractivity contribution in [2.45, 2.75) is 38.3 Å². The third-order valence-corrected chi connectivity index (χ3v) is 8.45. The minimum atomic E-state index is -0.692. The zero-order chi connectivity index (χ0) is 34.5. The van der Waals surface area contributed by atoms with E-state index in [1.165, 1.54) is 5.56 Å². The van der Waals surface area contributed by atoms with Crippen LogP contribution in [0.4, 0.5) is 0 Å². The SMILES string of the molecule is C=C/C=C\C(=C)C(OC)(c1ccccc1)c1ccccc1.CCCCc1nc(Cl)cn1Cc1ccc(-c2ccccc2-c2nn[nH]n2)cc1. The van der Waals surface area contributed by atoms with E-state index < -0.39 is 5.60 Å². The molecule has 0 saturated carbocycles. The highest BCUT2D eigenvalue weighted by Crippen LogP contribution is 2.39. The van der Waals surface area contributed by atoms with Crippen molar-refractivity contribution in [2.75, 3.05) is 7.11 Å². The quantitative estimate of drug-likeness (QED) is 0.124. The first-order valence-electron chi connectivity index (χ1n) is 16.3. The van der Waals surface area contributed by atoms with Crippen molar-refractivity contribution in [3.63, 3.8) is 0 Å². The largest absolute Gasteiger partial charge is 0.364 e. The van der Waals surface area contributed by atoms with Crippen LogP contribution < -0.4 is 0 Å². The molecule has 0 radical (unpaired) electrons. The third kappa shape index (κ3) is 8.38. The summed E-state index contributed by atoms with van der Waals surface area (Å²) in [4.78, 5) is 4.46. The number of rotatable bonds is 13. The van der Waals surface area contributed by atoms with Gasteiger partial charge in [-0.1, -0.05) is 166 Å². The van der Waals surface area contributed by atoms with Gasteiger partial charge < -0.3 is 9.30 Å². The molecule has 0 aliphatic rings. The Balaban J connectivity index is 0.000000200. The fourth-order valence-electron chi connectivity index (χ4n) is 5.83. The number of aryl methyl sites for hydroxylation is 1. The molecule has 8 heteroatoms. The zero-order valence-electron chi connectivity index (χ0n) is 28.0. The van der Waals surface area contributed by atoms with E-state index >= 15 is 0 Å². The van der Waals surface area contributed by atoms with E-state index in [0.717, 1.165) is 65.0 Å². The molecule has 4 aromatic carbocycles. The second kappa shape index (κ2) is 17.2. The number of hydrogen-bond donors (Lipinski definition) is 1. The first-order chi connectivity index (χ1) is 24.0. The van der Waals surface area contributed by atoms with Gasteiger partial charge in [0.05, 0.1) is 0 Å². The molecular formula is C41H41ClN6O. The molecule has 0 spiro atoms. The van der Waals surface area contributed by atoms with Crippen LogP contribution in [0.5, 0.6) is 0 Å². The van der Waals surface area contributed by atoms with Gasteiger partial charge >= 0.3 is 0 Å². The Morgan fingerprint density at radius 3 is 2.10 bits per heavy atom. The second-order valence-electron chi connectivity index (χ2n) is 11.4. The van der Waals surface area contributed by atoms with E-state index in [-0.39, 0.29) is 0 Å². The average molecular weight is 669 g/mol. The van der Waals surface area contributed by atoms with Gasteiger partial charge in [-0.05, 0) is 45.0 Å². The lowest BCUT2D eigenvalue weighted by atomic mass is 9.80. The number of unbranched alkanes of at least 4 members (excludes halogenated alkanes) is 1. The number of tetrazole rings is 1. The van der Waals surface area contributed by atoms with Gasteiger partial charge in [-0.3, -0.25) is 0 Å². The fraction of sp³-hybridized carbons (Fsp3) is 0.171. The Hall–Kier alpha value is -5.37. The molecule has 49 heavy (non-hydrogen) atoms. The summed E-state index contributed by atoms with van der Waals surface area (Å²) >= 11 is 6.13. The summed E-state index contributed by atoms with van der Waals surface area (Å²) in [6, 6.07) is 36.9. The van der Waals surface area contributed by atoms with E-state index in [9.17, 15) is 0 Å². The summed E-state index contributed by atoms with van der Waals surface area (Å²) in [7, 11) is 1.72. The van der Waals surface area contributed by atoms with Crippen LogP contribution in [0.15, 0.2) is 152 Å². The Labute approximate surface area is 293 Å². The Bertz CT molecular complexity index is 1910. The maximum Gasteiger partial charge on any atom is 0.205 e. The molecule has 2 aromatic heterocycles. The van der Waals surface area contributed by atoms with Gasteiger partial charge in [0.1, 0.15) is 16.6 Å². The molecule has 0 amide bonds. The van der Waals surface area contributed by atoms with Crippen LogP contribution in [0, 0.1) is 0 Å². The van der Waals surface area contributed by atoms with Crippen LogP contribution in [0.25, 0.3) is 22.5 Å². The van der Waals surface area contributed by atoms with Crippen LogP contribution in [0.2, 0.25) is 5.15 Å². The van der Waals surface area contributed by atoms with E-state index in [2.05, 4.69) is 105 Å². The molecule has 248 valence electrons. The summed E-state index contributed by atoms with van der Waals surface area (Å²) in [5.74, 6) is 1.63. The van der Waals surface area contributed by atoms with E-state index in [0.29, 0.717) is 11.0 Å². The van der Waals surface area contributed by atoms with Crippen LogP contribution >= 0.6 is 11.6 Å². The number of aromatic amines is 1. The van der Waals surface area contributed by atoms with E-state index in [1.807, 2.05) is 72.9 Å². The summed E-state index contributed by atoms with van der Waals surface area (Å²) in [5, 5.41) is 15.0. The number of H-pyrrole nitrogens is 1. The number of nitrogens with one attached hydrogen (secondary N) is 1. The first kappa shape index (κ1) is 35.0. The third-order valence-electron chi connectivity index (χ3n) is 8.27. The molecule has 6 aromatic rings. The monoisotopic (exact) mass is 668 g/mol. The lowest BCUT2D eigenvalue weighted by molar-refractivity contribution is 0.0583. The highest BCUT2D eigenvalue weighted by Gasteiger charge is 2.36. The minimum absolute atomic E-state index is 0.553. The van der Waals surface area contributed by atoms with Crippen molar-refractivity contribution in [1.82, 2.24) is 30.2 Å². The lowest BCUT2D eigenvalue weighted by Crippen LogP contribution is -2.31. The standard InChI is InChI=1S/C21H21ClN6.C20H20O/c1-2-3-8-20-23-19(22)14-28(20)13-15-9-11-16(12-10-15)17-6-4-5-7-18(17)21-24-26-27-25-21;1-4-5-12-17(2)20(21-3,18-13-8-6-9-14-18)19-15-10-7-11-16-19/h4-7,9-12,14H,2-3,8,13H2,1H3,(H,24,25,26,27);4-16H,1-2H2,3H3/b;12-5-. The number of halogens is 1. The number of benzene rings is 4. The molecular weight excluding hydrogens is 628 g/mol. The predicted octanol–water partition coefficient (Wildman–Crippen LogP) is 9.65. The molecule has 1 N–H and O–H groups in total. The predicted molar refractivity (Wildman–Crippen MR) is 199 cm³/mol. The normalized spacial score (nSPS) is 11.2. The Kier molecular flexibility index (Phi) is 12.2. The number of nitrogens with zero attached hydrogens (tertiary/aromatic N) is 5. The zero-order valence-corrected chi connectivity index (χ0v) is 28.7. The smallest absolute Gasteiger partial charge is 0.205 e. The van der Waals surface area contributed by atoms with Crippen LogP contribution in [-0.4, -0.2) is 37.3 Å². The van der Waals surface area contributed by atoms with Crippen molar-refractivity contribution >= 4 is 11.6 Å². The van der Waals surface area contributed by atoms with E-state index in [1.54, 1.807) is 13.2 Å². The highest BCUT2D eigenvalue weighted by molar-refractivity contribution is 6.29. The second-order valence-corrected chi connectivity index (χ2v) is 11.8. The number of ether oxygens (including phenoxy) is 1. The van der Waals surface area contributed by atoms with Crippen molar-refractivity contribution < 1.29 is 4.74 Å². The number of methoxy groups -OCH3 is 1. The maximum absolute atomic E-state index is 6.13. The summed E-state index contributed by atoms with van der Waals surface area (Å²) in [6.45, 7) is 10.9. The van der Waals surface area contributed by atoms with Crippen LogP contribution in [0.1, 0.15) is 42.3 Å². The Morgan fingerprint density at radius 1 is 0.898 bits per heavy atom. The molecule has 0 saturated heterocycles. The Morgan fingerprint density at radius 2 is 1.53 bits per heavy atom. The van der Waals surface area contributed by atoms with Gasteiger partial charge in [0.15, 0.2) is 0 Å². The number of hydrogen-bond acceptors (Lipinski definition) is 5. The molecule has 6 rings (SSSR count). The molecule has 0 atom stereocenters. The highest BCUT2D eigenvalue weighted by atomic mass is 35.5. The van der Waals surface area contributed by atoms with Crippen LogP contribution in [0.3, 0.4) is 0 Å². The van der Waals surface area contributed by atoms with Gasteiger partial charge in [-0.25, -0.2) is 4.98 Å². The number of aromatic nitrogens is 6. The topological polar surface area (TPSA) is 81.5 Å². The fourth-order valence-corrected chi connectivity index (χ4v) is 6.05. The molecule has 0 bridgehead atoms. The van der Waals surface area contributed by atoms with Crippen molar-refractivity contribution in [2.24, 2.45) is 0 Å². The van der Waals surface area contributed by atoms with Crippen molar-refractivity contribution in [3.05, 3.63) is 180 Å². The summed E-state index contributed by atoms with van der Waals surface area (Å²) in [6.07, 6.45) is 10.7. The van der Waals surface area contributed by atoms with Gasteiger partial charge in [0, 0.05) is 31.8 Å². The molecule has 0 aliphatic heterocycles. The molecule has 2 heterocycles. The number of allylic oxidation sites excluding steroid dienone is 2. The number of imidazole rings is 1. The van der Waals surface area contributed by atoms with Crippen LogP contribution in [-0.2, 0) is 23.3 Å². The lowest BCUT2D eigenvalue weighted by Gasteiger charge is -2.34. The average Bonchev–Trinajstić information content (AvgIpc) is 3.82.